The highest BCUT2D eigenvalue weighted by Gasteiger charge is 2.10. The van der Waals surface area contributed by atoms with Crippen molar-refractivity contribution in [2.24, 2.45) is 0 Å². The number of carbonyl (C=O) groups excluding carboxylic acids is 1. The summed E-state index contributed by atoms with van der Waals surface area (Å²) in [7, 11) is 1.64. The number of ether oxygens (including phenoxy) is 47. The van der Waals surface area contributed by atoms with Gasteiger partial charge in [-0.1, -0.05) is 0 Å². The standard InChI is InChI=1S/C97H192O50/c1-101-4-5-102-6-7-103-8-9-104-10-11-105-12-13-106-14-15-107-16-17-108-18-19-109-20-21-110-22-23-111-24-25-112-26-27-113-28-29-114-30-31-115-32-33-116-34-35-117-36-37-118-38-39-119-40-41-120-42-43-121-44-45-122-46-47-123-48-49-124-50-51-125-52-53-126-54-55-127-56-57-128-58-59-129-60-61-130-62-63-131-64-65-132-66-67-133-68-69-134-70-71-135-72-73-136-74-75-137-76-77-138-78-79-139-80-81-140-82-83-141-84-85-142-86-87-143-88-89-144-90-91-145-92-93-146-94-95-147-97(100)3-2-96(98)99/h2-95H2,1H3,(H,98,99). The summed E-state index contributed by atoms with van der Waals surface area (Å²) in [5.41, 5.74) is 0. The summed E-state index contributed by atoms with van der Waals surface area (Å²) < 4.78 is 258. The lowest BCUT2D eigenvalue weighted by Gasteiger charge is -2.09. The topological polar surface area (TPSA) is 488 Å². The molecule has 0 rings (SSSR count). The van der Waals surface area contributed by atoms with Crippen LogP contribution in [-0.4, -0.2) is 632 Å². The molecule has 0 saturated heterocycles. The van der Waals surface area contributed by atoms with Crippen molar-refractivity contribution in [1.82, 2.24) is 0 Å². The Balaban J connectivity index is 3.11. The van der Waals surface area contributed by atoms with E-state index in [1.807, 2.05) is 0 Å². The van der Waals surface area contributed by atoms with Crippen molar-refractivity contribution >= 4 is 11.9 Å². The van der Waals surface area contributed by atoms with Crippen LogP contribution >= 0.6 is 0 Å². The van der Waals surface area contributed by atoms with Gasteiger partial charge in [-0.3, -0.25) is 9.59 Å². The second-order valence-electron chi connectivity index (χ2n) is 29.7. The van der Waals surface area contributed by atoms with E-state index >= 15 is 0 Å². The highest BCUT2D eigenvalue weighted by Crippen LogP contribution is 1.99. The summed E-state index contributed by atoms with van der Waals surface area (Å²) in [6, 6.07) is 0. The summed E-state index contributed by atoms with van der Waals surface area (Å²) >= 11 is 0. The second kappa shape index (κ2) is 139. The summed E-state index contributed by atoms with van der Waals surface area (Å²) in [5.74, 6) is -1.61. The quantitative estimate of drug-likeness (QED) is 0.0649. The average Bonchev–Trinajstić information content (AvgIpc) is 1.03. The van der Waals surface area contributed by atoms with Gasteiger partial charge in [0.15, 0.2) is 0 Å². The van der Waals surface area contributed by atoms with Crippen molar-refractivity contribution < 1.29 is 237 Å². The number of esters is 1. The molecule has 0 amide bonds. The number of hydrogen-bond acceptors (Lipinski definition) is 49. The SMILES string of the molecule is COCCOCCOCCOCCOCCOCCOCCOCCOCCOCCOCCOCCOCCOCCOCCOCCOCCOCCOCCOCCOCCOCCOCCOCCOCCOCCOCCOCCOCCOCCOCCOCCOCCOCCOCCOCCOCCOCCOCCOCCOCCOCCOCCOCCOCCOCCOC(=O)CCC(=O)O. The van der Waals surface area contributed by atoms with E-state index in [0.717, 1.165) is 0 Å². The Morgan fingerprint density at radius 3 is 0.245 bits per heavy atom. The third-order valence-electron chi connectivity index (χ3n) is 17.8. The minimum absolute atomic E-state index is 0.0682. The molecule has 0 aliphatic heterocycles. The molecule has 0 fully saturated rings. The fourth-order valence-electron chi connectivity index (χ4n) is 10.4. The summed E-state index contributed by atoms with van der Waals surface area (Å²) in [6.45, 7) is 42.8. The Labute approximate surface area is 873 Å². The first-order valence-electron chi connectivity index (χ1n) is 52.0. The van der Waals surface area contributed by atoms with Crippen molar-refractivity contribution in [3.05, 3.63) is 0 Å². The molecule has 1 N–H and O–H groups in total. The van der Waals surface area contributed by atoms with Gasteiger partial charge < -0.3 is 228 Å². The predicted octanol–water partition coefficient (Wildman–Crippen LogP) is 0.788. The number of rotatable bonds is 141. The molecule has 0 heterocycles. The molecule has 0 atom stereocenters. The van der Waals surface area contributed by atoms with E-state index in [9.17, 15) is 9.59 Å². The van der Waals surface area contributed by atoms with Crippen molar-refractivity contribution in [3.63, 3.8) is 0 Å². The molecule has 0 aliphatic rings. The van der Waals surface area contributed by atoms with Gasteiger partial charge >= 0.3 is 11.9 Å². The number of carboxylic acids is 1. The first-order chi connectivity index (χ1) is 73.2. The maximum absolute atomic E-state index is 11.3. The van der Waals surface area contributed by atoms with Crippen molar-refractivity contribution in [2.75, 3.05) is 615 Å². The Bertz CT molecular complexity index is 2140. The van der Waals surface area contributed by atoms with E-state index in [2.05, 4.69) is 0 Å². The van der Waals surface area contributed by atoms with Gasteiger partial charge in [0.25, 0.3) is 0 Å². The number of aliphatic carboxylic acids is 1. The Morgan fingerprint density at radius 1 is 0.109 bits per heavy atom. The van der Waals surface area contributed by atoms with Crippen molar-refractivity contribution in [3.8, 4) is 0 Å². The summed E-state index contributed by atoms with van der Waals surface area (Å²) in [6.07, 6.45) is -0.411. The third-order valence-corrected chi connectivity index (χ3v) is 17.8. The van der Waals surface area contributed by atoms with Crippen LogP contribution in [0.1, 0.15) is 12.8 Å². The first-order valence-corrected chi connectivity index (χ1v) is 52.0. The fraction of sp³-hybridized carbons (Fsp3) is 0.979. The van der Waals surface area contributed by atoms with Crippen LogP contribution in [-0.2, 0) is 232 Å². The van der Waals surface area contributed by atoms with E-state index in [0.29, 0.717) is 595 Å². The maximum atomic E-state index is 11.3. The van der Waals surface area contributed by atoms with Gasteiger partial charge in [-0.05, 0) is 0 Å². The Morgan fingerprint density at radius 2 is 0.177 bits per heavy atom. The fourth-order valence-corrected chi connectivity index (χ4v) is 10.4. The van der Waals surface area contributed by atoms with Crippen LogP contribution in [0.25, 0.3) is 0 Å². The third kappa shape index (κ3) is 141. The average molecular weight is 2160 g/mol. The van der Waals surface area contributed by atoms with E-state index in [1.165, 1.54) is 0 Å². The van der Waals surface area contributed by atoms with Crippen LogP contribution in [0, 0.1) is 0 Å². The molecule has 0 unspecified atom stereocenters. The number of carbonyl (C=O) groups is 2. The van der Waals surface area contributed by atoms with Crippen LogP contribution in [0.15, 0.2) is 0 Å². The van der Waals surface area contributed by atoms with Crippen molar-refractivity contribution in [1.29, 1.82) is 0 Å². The van der Waals surface area contributed by atoms with Gasteiger partial charge in [-0.15, -0.1) is 0 Å². The molecule has 0 saturated carbocycles. The van der Waals surface area contributed by atoms with Gasteiger partial charge in [-0.2, -0.15) is 0 Å². The van der Waals surface area contributed by atoms with Gasteiger partial charge in [0.05, 0.1) is 614 Å². The highest BCUT2D eigenvalue weighted by molar-refractivity contribution is 5.76. The van der Waals surface area contributed by atoms with Crippen LogP contribution in [0.2, 0.25) is 0 Å². The molecule has 0 aliphatic carbocycles. The number of carboxylic acid groups (broad SMARTS) is 1. The smallest absolute Gasteiger partial charge is 0.306 e. The van der Waals surface area contributed by atoms with Crippen LogP contribution in [0.3, 0.4) is 0 Å². The van der Waals surface area contributed by atoms with E-state index < -0.39 is 11.9 Å². The van der Waals surface area contributed by atoms with E-state index in [4.69, 9.17) is 228 Å². The van der Waals surface area contributed by atoms with Crippen LogP contribution < -0.4 is 0 Å². The zero-order valence-corrected chi connectivity index (χ0v) is 88.9. The second-order valence-corrected chi connectivity index (χ2v) is 29.7. The van der Waals surface area contributed by atoms with Crippen LogP contribution in [0.5, 0.6) is 0 Å². The molecule has 0 aromatic carbocycles. The lowest BCUT2D eigenvalue weighted by Crippen LogP contribution is -2.16. The Hall–Kier alpha value is -2.90. The zero-order chi connectivity index (χ0) is 105. The normalized spacial score (nSPS) is 11.8. The molecule has 50 nitrogen and oxygen atoms in total. The van der Waals surface area contributed by atoms with Crippen LogP contribution in [0.4, 0.5) is 0 Å². The lowest BCUT2D eigenvalue weighted by atomic mass is 10.3. The van der Waals surface area contributed by atoms with Gasteiger partial charge in [0.1, 0.15) is 6.61 Å². The molecule has 0 aromatic rings. The van der Waals surface area contributed by atoms with E-state index in [-0.39, 0.29) is 26.1 Å². The van der Waals surface area contributed by atoms with Gasteiger partial charge in [0, 0.05) is 7.11 Å². The monoisotopic (exact) mass is 2160 g/mol. The molecular formula is C97H192O50. The van der Waals surface area contributed by atoms with E-state index in [1.54, 1.807) is 7.11 Å². The summed E-state index contributed by atoms with van der Waals surface area (Å²) in [4.78, 5) is 21.7. The Kier molecular flexibility index (Phi) is 136. The minimum Gasteiger partial charge on any atom is -0.481 e. The molecular weight excluding hydrogens is 1970 g/mol. The zero-order valence-electron chi connectivity index (χ0n) is 88.9. The molecule has 0 bridgehead atoms. The van der Waals surface area contributed by atoms with Gasteiger partial charge in [0.2, 0.25) is 0 Å². The molecule has 50 heteroatoms. The lowest BCUT2D eigenvalue weighted by molar-refractivity contribution is -0.149. The van der Waals surface area contributed by atoms with Gasteiger partial charge in [-0.25, -0.2) is 0 Å². The molecule has 0 aromatic heterocycles. The van der Waals surface area contributed by atoms with Crippen molar-refractivity contribution in [2.45, 2.75) is 12.8 Å². The highest BCUT2D eigenvalue weighted by atomic mass is 16.7. The predicted molar refractivity (Wildman–Crippen MR) is 527 cm³/mol. The minimum atomic E-state index is -1.04. The first kappa shape index (κ1) is 144. The molecule has 880 valence electrons. The molecule has 147 heavy (non-hydrogen) atoms. The number of hydrogen-bond donors (Lipinski definition) is 1. The molecule has 0 radical (unpaired) electrons. The molecule has 0 spiro atoms. The summed E-state index contributed by atoms with van der Waals surface area (Å²) in [5, 5.41) is 8.55. The largest absolute Gasteiger partial charge is 0.481 e. The number of methoxy groups -OCH3 is 1. The maximum Gasteiger partial charge on any atom is 0.306 e.